The fourth-order valence-electron chi connectivity index (χ4n) is 3.51. The molecular formula is C14H19NO3. The van der Waals surface area contributed by atoms with Gasteiger partial charge in [0.25, 0.3) is 0 Å². The molecule has 4 heteroatoms. The highest BCUT2D eigenvalue weighted by atomic mass is 16.4. The third-order valence-corrected chi connectivity index (χ3v) is 4.91. The van der Waals surface area contributed by atoms with Crippen molar-refractivity contribution in [2.45, 2.75) is 19.8 Å². The monoisotopic (exact) mass is 249 g/mol. The van der Waals surface area contributed by atoms with Crippen molar-refractivity contribution < 1.29 is 14.7 Å². The van der Waals surface area contributed by atoms with E-state index in [1.54, 1.807) is 6.92 Å². The maximum Gasteiger partial charge on any atom is 0.306 e. The zero-order valence-electron chi connectivity index (χ0n) is 10.6. The third kappa shape index (κ3) is 1.74. The van der Waals surface area contributed by atoms with Crippen molar-refractivity contribution in [1.29, 1.82) is 0 Å². The highest BCUT2D eigenvalue weighted by molar-refractivity contribution is 5.81. The van der Waals surface area contributed by atoms with Crippen LogP contribution < -0.4 is 0 Å². The van der Waals surface area contributed by atoms with E-state index in [0.717, 1.165) is 12.8 Å². The summed E-state index contributed by atoms with van der Waals surface area (Å²) in [4.78, 5) is 25.0. The molecule has 0 aromatic carbocycles. The number of carbonyl (C=O) groups excluding carboxylic acids is 1. The summed E-state index contributed by atoms with van der Waals surface area (Å²) in [6, 6.07) is 0. The molecule has 2 bridgehead atoms. The number of allylic oxidation sites excluding steroid dienone is 2. The molecule has 1 amide bonds. The minimum absolute atomic E-state index is 0.139. The van der Waals surface area contributed by atoms with E-state index in [9.17, 15) is 9.59 Å². The van der Waals surface area contributed by atoms with Gasteiger partial charge in [-0.15, -0.1) is 0 Å². The summed E-state index contributed by atoms with van der Waals surface area (Å²) in [5, 5.41) is 8.93. The van der Waals surface area contributed by atoms with Gasteiger partial charge in [0.2, 0.25) is 5.91 Å². The van der Waals surface area contributed by atoms with Crippen LogP contribution in [0.25, 0.3) is 0 Å². The van der Waals surface area contributed by atoms with E-state index in [4.69, 9.17) is 5.11 Å². The SMILES string of the molecule is CC(C(=O)O)C1CN(C(=O)C2CC3C=CC2C3)C1. The first-order valence-corrected chi connectivity index (χ1v) is 6.76. The lowest BCUT2D eigenvalue weighted by atomic mass is 9.84. The van der Waals surface area contributed by atoms with Crippen LogP contribution in [-0.2, 0) is 9.59 Å². The largest absolute Gasteiger partial charge is 0.481 e. The Kier molecular flexibility index (Phi) is 2.68. The summed E-state index contributed by atoms with van der Waals surface area (Å²) in [6.07, 6.45) is 6.56. The number of fused-ring (bicyclic) bond motifs is 2. The number of carboxylic acids is 1. The van der Waals surface area contributed by atoms with Gasteiger partial charge in [0.05, 0.1) is 5.92 Å². The Balaban J connectivity index is 1.54. The Morgan fingerprint density at radius 1 is 1.28 bits per heavy atom. The lowest BCUT2D eigenvalue weighted by Crippen LogP contribution is -2.55. The fraction of sp³-hybridized carbons (Fsp3) is 0.714. The second-order valence-corrected chi connectivity index (χ2v) is 6.02. The Labute approximate surface area is 107 Å². The van der Waals surface area contributed by atoms with E-state index in [1.165, 1.54) is 0 Å². The van der Waals surface area contributed by atoms with Gasteiger partial charge in [0.15, 0.2) is 0 Å². The summed E-state index contributed by atoms with van der Waals surface area (Å²) in [6.45, 7) is 2.99. The highest BCUT2D eigenvalue weighted by Gasteiger charge is 2.45. The molecule has 4 atom stereocenters. The predicted molar refractivity (Wildman–Crippen MR) is 65.7 cm³/mol. The minimum atomic E-state index is -0.755. The Morgan fingerprint density at radius 2 is 2.00 bits per heavy atom. The summed E-state index contributed by atoms with van der Waals surface area (Å²) >= 11 is 0. The Hall–Kier alpha value is -1.32. The van der Waals surface area contributed by atoms with E-state index < -0.39 is 5.97 Å². The lowest BCUT2D eigenvalue weighted by Gasteiger charge is -2.43. The number of nitrogens with zero attached hydrogens (tertiary/aromatic N) is 1. The number of likely N-dealkylation sites (tertiary alicyclic amines) is 1. The van der Waals surface area contributed by atoms with Gasteiger partial charge in [0.1, 0.15) is 0 Å². The first kappa shape index (κ1) is 11.8. The molecule has 0 spiro atoms. The van der Waals surface area contributed by atoms with Gasteiger partial charge < -0.3 is 10.0 Å². The molecular weight excluding hydrogens is 230 g/mol. The van der Waals surface area contributed by atoms with Crippen molar-refractivity contribution in [3.63, 3.8) is 0 Å². The number of hydrogen-bond acceptors (Lipinski definition) is 2. The zero-order chi connectivity index (χ0) is 12.9. The van der Waals surface area contributed by atoms with Gasteiger partial charge in [-0.3, -0.25) is 9.59 Å². The van der Waals surface area contributed by atoms with Crippen molar-refractivity contribution in [2.75, 3.05) is 13.1 Å². The molecule has 4 unspecified atom stereocenters. The molecule has 1 N–H and O–H groups in total. The van der Waals surface area contributed by atoms with Gasteiger partial charge in [0, 0.05) is 24.9 Å². The van der Waals surface area contributed by atoms with E-state index in [2.05, 4.69) is 12.2 Å². The average molecular weight is 249 g/mol. The van der Waals surface area contributed by atoms with Crippen molar-refractivity contribution in [2.24, 2.45) is 29.6 Å². The van der Waals surface area contributed by atoms with E-state index in [0.29, 0.717) is 24.9 Å². The predicted octanol–water partition coefficient (Wildman–Crippen LogP) is 1.38. The fourth-order valence-corrected chi connectivity index (χ4v) is 3.51. The maximum atomic E-state index is 12.3. The van der Waals surface area contributed by atoms with E-state index in [1.807, 2.05) is 4.90 Å². The molecule has 0 aromatic heterocycles. The third-order valence-electron chi connectivity index (χ3n) is 4.91. The van der Waals surface area contributed by atoms with Crippen LogP contribution >= 0.6 is 0 Å². The van der Waals surface area contributed by atoms with Crippen LogP contribution in [0.5, 0.6) is 0 Å². The molecule has 0 radical (unpaired) electrons. The molecule has 1 heterocycles. The van der Waals surface area contributed by atoms with Crippen LogP contribution in [-0.4, -0.2) is 35.0 Å². The molecule has 3 rings (SSSR count). The molecule has 0 aromatic rings. The quantitative estimate of drug-likeness (QED) is 0.769. The first-order valence-electron chi connectivity index (χ1n) is 6.76. The van der Waals surface area contributed by atoms with Crippen molar-refractivity contribution in [1.82, 2.24) is 4.90 Å². The van der Waals surface area contributed by atoms with E-state index in [-0.39, 0.29) is 23.7 Å². The molecule has 18 heavy (non-hydrogen) atoms. The van der Waals surface area contributed by atoms with Crippen LogP contribution in [0.15, 0.2) is 12.2 Å². The minimum Gasteiger partial charge on any atom is -0.481 e. The van der Waals surface area contributed by atoms with Crippen LogP contribution in [0.2, 0.25) is 0 Å². The smallest absolute Gasteiger partial charge is 0.306 e. The number of aliphatic carboxylic acids is 1. The molecule has 1 saturated heterocycles. The van der Waals surface area contributed by atoms with Crippen LogP contribution in [0, 0.1) is 29.6 Å². The molecule has 98 valence electrons. The summed E-state index contributed by atoms with van der Waals surface area (Å²) in [7, 11) is 0. The highest BCUT2D eigenvalue weighted by Crippen LogP contribution is 2.44. The van der Waals surface area contributed by atoms with Gasteiger partial charge in [-0.05, 0) is 24.7 Å². The second-order valence-electron chi connectivity index (χ2n) is 6.02. The van der Waals surface area contributed by atoms with Crippen LogP contribution in [0.4, 0.5) is 0 Å². The number of carboxylic acid groups (broad SMARTS) is 1. The number of carbonyl (C=O) groups is 2. The standard InChI is InChI=1S/C14H19NO3/c1-8(14(17)18)11-6-15(7-11)13(16)12-5-9-2-3-10(12)4-9/h2-3,8-12H,4-7H2,1H3,(H,17,18). The Morgan fingerprint density at radius 3 is 2.50 bits per heavy atom. The molecule has 1 aliphatic heterocycles. The van der Waals surface area contributed by atoms with E-state index >= 15 is 0 Å². The normalized spacial score (nSPS) is 35.6. The van der Waals surface area contributed by atoms with Gasteiger partial charge >= 0.3 is 5.97 Å². The van der Waals surface area contributed by atoms with Crippen LogP contribution in [0.1, 0.15) is 19.8 Å². The Bertz CT molecular complexity index is 411. The van der Waals surface area contributed by atoms with Gasteiger partial charge in [-0.2, -0.15) is 0 Å². The summed E-state index contributed by atoms with van der Waals surface area (Å²) in [5.74, 6) is 0.517. The topological polar surface area (TPSA) is 57.6 Å². The van der Waals surface area contributed by atoms with Crippen molar-refractivity contribution in [3.8, 4) is 0 Å². The number of amides is 1. The van der Waals surface area contributed by atoms with Gasteiger partial charge in [-0.1, -0.05) is 19.1 Å². The van der Waals surface area contributed by atoms with Crippen molar-refractivity contribution in [3.05, 3.63) is 12.2 Å². The molecule has 2 aliphatic carbocycles. The summed E-state index contributed by atoms with van der Waals surface area (Å²) < 4.78 is 0. The molecule has 4 nitrogen and oxygen atoms in total. The molecule has 1 saturated carbocycles. The summed E-state index contributed by atoms with van der Waals surface area (Å²) in [5.41, 5.74) is 0. The second kappa shape index (κ2) is 4.11. The lowest BCUT2D eigenvalue weighted by molar-refractivity contribution is -0.152. The average Bonchev–Trinajstić information content (AvgIpc) is 2.87. The first-order chi connectivity index (χ1) is 8.56. The van der Waals surface area contributed by atoms with Gasteiger partial charge in [-0.25, -0.2) is 0 Å². The molecule has 3 aliphatic rings. The number of rotatable bonds is 3. The maximum absolute atomic E-state index is 12.3. The van der Waals surface area contributed by atoms with Crippen LogP contribution in [0.3, 0.4) is 0 Å². The zero-order valence-corrected chi connectivity index (χ0v) is 10.6. The van der Waals surface area contributed by atoms with Crippen molar-refractivity contribution >= 4 is 11.9 Å². The number of hydrogen-bond donors (Lipinski definition) is 1. The molecule has 2 fully saturated rings.